The van der Waals surface area contributed by atoms with Gasteiger partial charge in [-0.1, -0.05) is 0 Å². The van der Waals surface area contributed by atoms with E-state index in [2.05, 4.69) is 26.7 Å². The Balaban J connectivity index is 1.89. The Morgan fingerprint density at radius 2 is 1.70 bits per heavy atom. The highest BCUT2D eigenvalue weighted by atomic mass is 16.3. The van der Waals surface area contributed by atoms with Gasteiger partial charge >= 0.3 is 0 Å². The van der Waals surface area contributed by atoms with Crippen molar-refractivity contribution >= 4 is 29.2 Å². The number of aliphatic hydroxyl groups is 1. The van der Waals surface area contributed by atoms with Gasteiger partial charge in [-0.05, 0) is 73.0 Å². The molecule has 0 fully saturated rings. The van der Waals surface area contributed by atoms with E-state index in [4.69, 9.17) is 10.5 Å². The first kappa shape index (κ1) is 20.5. The molecule has 148 valence electrons. The second kappa shape index (κ2) is 9.33. The number of aliphatic hydroxyl groups excluding tert-OH is 1. The average molecular weight is 396 g/mol. The summed E-state index contributed by atoms with van der Waals surface area (Å²) in [7, 11) is 0. The molecule has 0 radical (unpaired) electrons. The Labute approximate surface area is 175 Å². The Morgan fingerprint density at radius 1 is 1.00 bits per heavy atom. The van der Waals surface area contributed by atoms with E-state index >= 15 is 0 Å². The molecule has 1 aromatic heterocycles. The zero-order chi connectivity index (χ0) is 21.5. The molecule has 0 aliphatic carbocycles. The number of rotatable bonds is 6. The topological polar surface area (TPSA) is 118 Å². The molecule has 1 heterocycles. The third kappa shape index (κ3) is 4.99. The molecule has 0 saturated carbocycles. The maximum atomic E-state index is 9.60. The number of aryl methyl sites for hydroxylation is 2. The van der Waals surface area contributed by atoms with E-state index in [0.717, 1.165) is 28.1 Å². The first-order valence-electron chi connectivity index (χ1n) is 9.23. The Kier molecular flexibility index (Phi) is 6.39. The summed E-state index contributed by atoms with van der Waals surface area (Å²) >= 11 is 0. The molecular weight excluding hydrogens is 376 g/mol. The highest BCUT2D eigenvalue weighted by molar-refractivity contribution is 5.69. The minimum absolute atomic E-state index is 0.227. The summed E-state index contributed by atoms with van der Waals surface area (Å²) in [5, 5.41) is 33.6. The first-order valence-corrected chi connectivity index (χ1v) is 9.23. The van der Waals surface area contributed by atoms with Crippen LogP contribution in [0.2, 0.25) is 0 Å². The van der Waals surface area contributed by atoms with Crippen molar-refractivity contribution < 1.29 is 5.11 Å². The largest absolute Gasteiger partial charge is 0.390 e. The molecule has 3 rings (SSSR count). The van der Waals surface area contributed by atoms with Crippen LogP contribution in [0.4, 0.5) is 23.1 Å². The number of nitriles is 2. The van der Waals surface area contributed by atoms with Crippen molar-refractivity contribution in [2.45, 2.75) is 20.5 Å². The van der Waals surface area contributed by atoms with Crippen LogP contribution in [-0.2, 0) is 6.61 Å². The van der Waals surface area contributed by atoms with Gasteiger partial charge in [-0.3, -0.25) is 0 Å². The van der Waals surface area contributed by atoms with Crippen LogP contribution in [0.15, 0.2) is 48.5 Å². The smallest absolute Gasteiger partial charge is 0.229 e. The molecule has 30 heavy (non-hydrogen) atoms. The summed E-state index contributed by atoms with van der Waals surface area (Å²) in [4.78, 5) is 8.81. The maximum absolute atomic E-state index is 9.60. The molecule has 0 bridgehead atoms. The standard InChI is InChI=1S/C23H20N6O/c1-15-10-18(4-3-9-24)11-16(2)22(15)28-21-12-20(14-30)27-23(29-21)26-19-7-5-17(13-25)6-8-19/h3-8,10-12,30H,14H2,1-2H3,(H2,26,27,28,29)/b4-3+. The van der Waals surface area contributed by atoms with E-state index < -0.39 is 0 Å². The maximum Gasteiger partial charge on any atom is 0.229 e. The lowest BCUT2D eigenvalue weighted by atomic mass is 10.0. The van der Waals surface area contributed by atoms with Crippen molar-refractivity contribution in [3.8, 4) is 12.1 Å². The van der Waals surface area contributed by atoms with E-state index in [1.165, 1.54) is 6.08 Å². The predicted octanol–water partition coefficient (Wildman–Crippen LogP) is 4.48. The SMILES string of the molecule is Cc1cc(/C=C/C#N)cc(C)c1Nc1cc(CO)nc(Nc2ccc(C#N)cc2)n1. The number of hydrogen-bond donors (Lipinski definition) is 3. The van der Waals surface area contributed by atoms with E-state index in [9.17, 15) is 5.11 Å². The highest BCUT2D eigenvalue weighted by Gasteiger charge is 2.09. The Hall–Kier alpha value is -4.20. The van der Waals surface area contributed by atoms with Crippen LogP contribution in [-0.4, -0.2) is 15.1 Å². The van der Waals surface area contributed by atoms with Gasteiger partial charge in [0, 0.05) is 23.5 Å². The van der Waals surface area contributed by atoms with Crippen molar-refractivity contribution in [2.24, 2.45) is 0 Å². The number of aromatic nitrogens is 2. The average Bonchev–Trinajstić information content (AvgIpc) is 2.75. The second-order valence-corrected chi connectivity index (χ2v) is 6.66. The molecule has 0 aliphatic rings. The molecule has 3 aromatic rings. The highest BCUT2D eigenvalue weighted by Crippen LogP contribution is 2.27. The minimum atomic E-state index is -0.227. The van der Waals surface area contributed by atoms with Gasteiger partial charge in [-0.25, -0.2) is 4.98 Å². The van der Waals surface area contributed by atoms with Crippen LogP contribution in [0.3, 0.4) is 0 Å². The van der Waals surface area contributed by atoms with Gasteiger partial charge in [0.05, 0.1) is 30.0 Å². The molecule has 3 N–H and O–H groups in total. The minimum Gasteiger partial charge on any atom is -0.390 e. The first-order chi connectivity index (χ1) is 14.5. The number of allylic oxidation sites excluding steroid dienone is 1. The lowest BCUT2D eigenvalue weighted by molar-refractivity contribution is 0.277. The van der Waals surface area contributed by atoms with Crippen molar-refractivity contribution in [3.05, 3.63) is 76.5 Å². The zero-order valence-corrected chi connectivity index (χ0v) is 16.6. The fraction of sp³-hybridized carbons (Fsp3) is 0.130. The summed E-state index contributed by atoms with van der Waals surface area (Å²) in [6, 6.07) is 16.7. The molecule has 0 aliphatic heterocycles. The summed E-state index contributed by atoms with van der Waals surface area (Å²) in [6.45, 7) is 3.72. The molecule has 7 heteroatoms. The van der Waals surface area contributed by atoms with Gasteiger partial charge in [-0.15, -0.1) is 0 Å². The predicted molar refractivity (Wildman–Crippen MR) is 116 cm³/mol. The molecular formula is C23H20N6O. The van der Waals surface area contributed by atoms with Crippen LogP contribution < -0.4 is 10.6 Å². The third-order valence-corrected chi connectivity index (χ3v) is 4.37. The number of nitrogens with one attached hydrogen (secondary N) is 2. The summed E-state index contributed by atoms with van der Waals surface area (Å²) in [5.74, 6) is 0.870. The second-order valence-electron chi connectivity index (χ2n) is 6.66. The van der Waals surface area contributed by atoms with Crippen LogP contribution in [0.1, 0.15) is 27.9 Å². The third-order valence-electron chi connectivity index (χ3n) is 4.37. The van der Waals surface area contributed by atoms with E-state index in [0.29, 0.717) is 23.0 Å². The van der Waals surface area contributed by atoms with Crippen LogP contribution in [0, 0.1) is 36.5 Å². The van der Waals surface area contributed by atoms with Gasteiger partial charge in [0.15, 0.2) is 0 Å². The van der Waals surface area contributed by atoms with Gasteiger partial charge in [0.2, 0.25) is 5.95 Å². The van der Waals surface area contributed by atoms with Gasteiger partial charge in [0.25, 0.3) is 0 Å². The number of benzene rings is 2. The number of nitrogens with zero attached hydrogens (tertiary/aromatic N) is 4. The van der Waals surface area contributed by atoms with Crippen LogP contribution in [0.5, 0.6) is 0 Å². The Bertz CT molecular complexity index is 1150. The Morgan fingerprint density at radius 3 is 2.30 bits per heavy atom. The van der Waals surface area contributed by atoms with Crippen molar-refractivity contribution in [1.82, 2.24) is 9.97 Å². The van der Waals surface area contributed by atoms with Gasteiger partial charge in [0.1, 0.15) is 5.82 Å². The fourth-order valence-electron chi connectivity index (χ4n) is 3.01. The zero-order valence-electron chi connectivity index (χ0n) is 16.6. The lowest BCUT2D eigenvalue weighted by Gasteiger charge is -2.15. The normalized spacial score (nSPS) is 10.4. The van der Waals surface area contributed by atoms with Crippen molar-refractivity contribution in [3.63, 3.8) is 0 Å². The van der Waals surface area contributed by atoms with Crippen molar-refractivity contribution in [1.29, 1.82) is 10.5 Å². The molecule has 2 aromatic carbocycles. The molecule has 0 saturated heterocycles. The molecule has 7 nitrogen and oxygen atoms in total. The van der Waals surface area contributed by atoms with Gasteiger partial charge in [-0.2, -0.15) is 15.5 Å². The van der Waals surface area contributed by atoms with Crippen molar-refractivity contribution in [2.75, 3.05) is 10.6 Å². The molecule has 0 atom stereocenters. The quantitative estimate of drug-likeness (QED) is 0.526. The molecule has 0 amide bonds. The number of hydrogen-bond acceptors (Lipinski definition) is 7. The molecule has 0 unspecified atom stereocenters. The van der Waals surface area contributed by atoms with E-state index in [1.54, 1.807) is 36.4 Å². The fourth-order valence-corrected chi connectivity index (χ4v) is 3.01. The lowest BCUT2D eigenvalue weighted by Crippen LogP contribution is -2.05. The van der Waals surface area contributed by atoms with E-state index in [-0.39, 0.29) is 6.61 Å². The van der Waals surface area contributed by atoms with Crippen LogP contribution >= 0.6 is 0 Å². The summed E-state index contributed by atoms with van der Waals surface area (Å²) < 4.78 is 0. The summed E-state index contributed by atoms with van der Waals surface area (Å²) in [5.41, 5.74) is 5.60. The monoisotopic (exact) mass is 396 g/mol. The van der Waals surface area contributed by atoms with Crippen LogP contribution in [0.25, 0.3) is 6.08 Å². The molecule has 0 spiro atoms. The number of anilines is 4. The van der Waals surface area contributed by atoms with E-state index in [1.807, 2.05) is 32.0 Å². The summed E-state index contributed by atoms with van der Waals surface area (Å²) in [6.07, 6.45) is 3.21. The van der Waals surface area contributed by atoms with Gasteiger partial charge < -0.3 is 15.7 Å².